The van der Waals surface area contributed by atoms with Gasteiger partial charge in [0, 0.05) is 41.7 Å². The van der Waals surface area contributed by atoms with E-state index in [1.165, 1.54) is 6.07 Å². The van der Waals surface area contributed by atoms with Crippen LogP contribution >= 0.6 is 11.8 Å². The molecule has 1 fully saturated rings. The van der Waals surface area contributed by atoms with Crippen molar-refractivity contribution in [1.82, 2.24) is 9.88 Å². The number of methoxy groups -OCH3 is 1. The summed E-state index contributed by atoms with van der Waals surface area (Å²) in [4.78, 5) is 19.0. The average molecular weight is 527 g/mol. The summed E-state index contributed by atoms with van der Waals surface area (Å²) >= 11 is 1.64. The van der Waals surface area contributed by atoms with Gasteiger partial charge in [-0.3, -0.25) is 9.78 Å². The quantitative estimate of drug-likeness (QED) is 0.289. The first-order valence-electron chi connectivity index (χ1n) is 12.9. The number of carboxylic acids is 1. The second kappa shape index (κ2) is 13.2. The monoisotopic (exact) mass is 526 g/mol. The second-order valence-corrected chi connectivity index (χ2v) is 10.9. The van der Waals surface area contributed by atoms with Crippen LogP contribution in [0.15, 0.2) is 59.6 Å². The van der Waals surface area contributed by atoms with Crippen LogP contribution < -0.4 is 4.74 Å². The number of piperidine rings is 1. The summed E-state index contributed by atoms with van der Waals surface area (Å²) in [7, 11) is 1.62. The number of pyridine rings is 1. The fourth-order valence-corrected chi connectivity index (χ4v) is 6.27. The number of nitrogens with zero attached hydrogens (tertiary/aromatic N) is 2. The van der Waals surface area contributed by atoms with Gasteiger partial charge in [0.15, 0.2) is 0 Å². The smallest absolute Gasteiger partial charge is 0.303 e. The maximum absolute atomic E-state index is 13.4. The van der Waals surface area contributed by atoms with Crippen LogP contribution in [-0.4, -0.2) is 58.6 Å². The van der Waals surface area contributed by atoms with Crippen molar-refractivity contribution in [3.05, 3.63) is 66.1 Å². The van der Waals surface area contributed by atoms with Crippen LogP contribution in [0.3, 0.4) is 0 Å². The molecule has 0 radical (unpaired) electrons. The Bertz CT molecular complexity index is 1190. The van der Waals surface area contributed by atoms with E-state index >= 15 is 0 Å². The molecule has 37 heavy (non-hydrogen) atoms. The zero-order chi connectivity index (χ0) is 26.2. The molecule has 8 heteroatoms. The zero-order valence-electron chi connectivity index (χ0n) is 21.2. The lowest BCUT2D eigenvalue weighted by Crippen LogP contribution is -2.41. The van der Waals surface area contributed by atoms with Gasteiger partial charge >= 0.3 is 5.97 Å². The van der Waals surface area contributed by atoms with E-state index < -0.39 is 12.1 Å². The van der Waals surface area contributed by atoms with E-state index in [0.717, 1.165) is 65.3 Å². The first kappa shape index (κ1) is 27.4. The maximum atomic E-state index is 13.4. The summed E-state index contributed by atoms with van der Waals surface area (Å²) in [5.41, 5.74) is 1.67. The van der Waals surface area contributed by atoms with Gasteiger partial charge in [0.25, 0.3) is 0 Å². The van der Waals surface area contributed by atoms with Gasteiger partial charge in [-0.1, -0.05) is 6.07 Å². The molecule has 1 saturated heterocycles. The number of aliphatic hydroxyl groups excluding tert-OH is 1. The van der Waals surface area contributed by atoms with Gasteiger partial charge in [-0.25, -0.2) is 4.39 Å². The molecule has 1 aromatic heterocycles. The molecule has 3 aromatic rings. The number of carbonyl (C=O) groups is 1. The van der Waals surface area contributed by atoms with Crippen LogP contribution in [-0.2, 0) is 4.79 Å². The van der Waals surface area contributed by atoms with Crippen molar-refractivity contribution in [2.45, 2.75) is 43.1 Å². The Kier molecular flexibility index (Phi) is 9.77. The van der Waals surface area contributed by atoms with Crippen LogP contribution in [0.2, 0.25) is 0 Å². The Balaban J connectivity index is 1.35. The summed E-state index contributed by atoms with van der Waals surface area (Å²) < 4.78 is 18.8. The molecule has 4 rings (SSSR count). The third-order valence-electron chi connectivity index (χ3n) is 7.33. The van der Waals surface area contributed by atoms with Crippen LogP contribution in [0.1, 0.15) is 43.8 Å². The molecule has 0 aliphatic carbocycles. The summed E-state index contributed by atoms with van der Waals surface area (Å²) in [6.45, 7) is 2.68. The van der Waals surface area contributed by atoms with Crippen molar-refractivity contribution in [1.29, 1.82) is 0 Å². The summed E-state index contributed by atoms with van der Waals surface area (Å²) in [6, 6.07) is 14.2. The molecule has 1 aliphatic heterocycles. The number of halogens is 1. The van der Waals surface area contributed by atoms with E-state index in [9.17, 15) is 19.4 Å². The molecule has 1 aliphatic rings. The lowest BCUT2D eigenvalue weighted by atomic mass is 9.79. The average Bonchev–Trinajstić information content (AvgIpc) is 2.90. The summed E-state index contributed by atoms with van der Waals surface area (Å²) in [6.07, 6.45) is 4.32. The fraction of sp³-hybridized carbons (Fsp3) is 0.448. The van der Waals surface area contributed by atoms with Gasteiger partial charge in [-0.15, -0.1) is 11.8 Å². The van der Waals surface area contributed by atoms with Crippen molar-refractivity contribution in [3.63, 3.8) is 0 Å². The first-order chi connectivity index (χ1) is 17.9. The number of rotatable bonds is 12. The fourth-order valence-electron chi connectivity index (χ4n) is 5.32. The number of likely N-dealkylation sites (tertiary alicyclic amines) is 1. The van der Waals surface area contributed by atoms with Gasteiger partial charge in [0.2, 0.25) is 0 Å². The maximum Gasteiger partial charge on any atom is 0.303 e. The molecule has 6 nitrogen and oxygen atoms in total. The number of aliphatic hydroxyl groups is 1. The van der Waals surface area contributed by atoms with Crippen LogP contribution in [0.4, 0.5) is 4.39 Å². The van der Waals surface area contributed by atoms with E-state index in [1.54, 1.807) is 37.2 Å². The number of carboxylic acid groups (broad SMARTS) is 1. The standard InChI is InChI=1S/C29H35FN2O4S/c1-36-23-7-8-27-26(18-23)25(11-13-31-27)28(33)9-5-20-12-14-32(19-21(20)6-10-29(34)35)15-16-37-24-4-2-3-22(30)17-24/h2-4,7-8,11,13,17-18,20-21,28,33H,5-6,9-10,12,14-16,19H2,1H3,(H,34,35)/t20-,21-,28-/m1/s1. The Labute approximate surface area is 221 Å². The topological polar surface area (TPSA) is 82.9 Å². The normalized spacial score (nSPS) is 19.1. The van der Waals surface area contributed by atoms with Gasteiger partial charge in [-0.05, 0) is 92.1 Å². The minimum atomic E-state index is -0.769. The Morgan fingerprint density at radius 3 is 2.86 bits per heavy atom. The lowest BCUT2D eigenvalue weighted by molar-refractivity contribution is -0.137. The van der Waals surface area contributed by atoms with E-state index in [-0.39, 0.29) is 18.2 Å². The second-order valence-electron chi connectivity index (χ2n) is 9.72. The van der Waals surface area contributed by atoms with E-state index in [2.05, 4.69) is 9.88 Å². The lowest BCUT2D eigenvalue weighted by Gasteiger charge is -2.39. The minimum Gasteiger partial charge on any atom is -0.497 e. The predicted molar refractivity (Wildman–Crippen MR) is 145 cm³/mol. The molecule has 2 aromatic carbocycles. The van der Waals surface area contributed by atoms with Crippen molar-refractivity contribution < 1.29 is 24.1 Å². The van der Waals surface area contributed by atoms with E-state index in [4.69, 9.17) is 4.74 Å². The molecule has 0 amide bonds. The summed E-state index contributed by atoms with van der Waals surface area (Å²) in [5.74, 6) is 1.23. The summed E-state index contributed by atoms with van der Waals surface area (Å²) in [5, 5.41) is 21.3. The van der Waals surface area contributed by atoms with Gasteiger partial charge in [0.05, 0.1) is 18.7 Å². The predicted octanol–water partition coefficient (Wildman–Crippen LogP) is 5.79. The zero-order valence-corrected chi connectivity index (χ0v) is 22.0. The largest absolute Gasteiger partial charge is 0.497 e. The van der Waals surface area contributed by atoms with Gasteiger partial charge < -0.3 is 19.8 Å². The molecule has 198 valence electrons. The molecule has 0 bridgehead atoms. The third kappa shape index (κ3) is 7.66. The van der Waals surface area contributed by atoms with E-state index in [0.29, 0.717) is 18.8 Å². The van der Waals surface area contributed by atoms with Crippen molar-refractivity contribution in [3.8, 4) is 5.75 Å². The number of hydrogen-bond acceptors (Lipinski definition) is 6. The highest BCUT2D eigenvalue weighted by Crippen LogP contribution is 2.35. The molecular weight excluding hydrogens is 491 g/mol. The molecular formula is C29H35FN2O4S. The SMILES string of the molecule is COc1ccc2nccc([C@H](O)CC[C@@H]3CCN(CCSc4cccc(F)c4)C[C@H]3CCC(=O)O)c2c1. The molecule has 2 heterocycles. The van der Waals surface area contributed by atoms with Crippen LogP contribution in [0.25, 0.3) is 10.9 Å². The Hall–Kier alpha value is -2.68. The highest BCUT2D eigenvalue weighted by atomic mass is 32.2. The molecule has 0 unspecified atom stereocenters. The number of aliphatic carboxylic acids is 1. The van der Waals surface area contributed by atoms with Gasteiger partial charge in [-0.2, -0.15) is 0 Å². The van der Waals surface area contributed by atoms with Crippen LogP contribution in [0.5, 0.6) is 5.75 Å². The number of thioether (sulfide) groups is 1. The third-order valence-corrected chi connectivity index (χ3v) is 8.30. The number of aromatic nitrogens is 1. The Morgan fingerprint density at radius 2 is 2.08 bits per heavy atom. The van der Waals surface area contributed by atoms with Gasteiger partial charge in [0.1, 0.15) is 11.6 Å². The van der Waals surface area contributed by atoms with E-state index in [1.807, 2.05) is 30.3 Å². The first-order valence-corrected chi connectivity index (χ1v) is 13.8. The Morgan fingerprint density at radius 1 is 1.22 bits per heavy atom. The van der Waals surface area contributed by atoms with Crippen molar-refractivity contribution in [2.24, 2.45) is 11.8 Å². The molecule has 2 N–H and O–H groups in total. The minimum absolute atomic E-state index is 0.157. The molecule has 0 spiro atoms. The molecule has 3 atom stereocenters. The number of ether oxygens (including phenoxy) is 1. The van der Waals surface area contributed by atoms with Crippen LogP contribution in [0, 0.1) is 17.7 Å². The number of fused-ring (bicyclic) bond motifs is 1. The number of benzene rings is 2. The number of hydrogen-bond donors (Lipinski definition) is 2. The van der Waals surface area contributed by atoms with Crippen molar-refractivity contribution >= 4 is 28.6 Å². The highest BCUT2D eigenvalue weighted by Gasteiger charge is 2.30. The van der Waals surface area contributed by atoms with Crippen molar-refractivity contribution in [2.75, 3.05) is 32.5 Å². The molecule has 0 saturated carbocycles. The highest BCUT2D eigenvalue weighted by molar-refractivity contribution is 7.99.